The molecule has 1 aliphatic rings. The second-order valence-corrected chi connectivity index (χ2v) is 4.31. The van der Waals surface area contributed by atoms with E-state index in [0.717, 1.165) is 11.1 Å². The third kappa shape index (κ3) is 2.39. The van der Waals surface area contributed by atoms with E-state index < -0.39 is 0 Å². The average Bonchev–Trinajstić information content (AvgIpc) is 2.16. The van der Waals surface area contributed by atoms with Gasteiger partial charge in [-0.15, -0.1) is 0 Å². The van der Waals surface area contributed by atoms with Gasteiger partial charge in [0.2, 0.25) is 0 Å². The zero-order valence-corrected chi connectivity index (χ0v) is 9.15. The normalized spacial score (nSPS) is 18.5. The van der Waals surface area contributed by atoms with Gasteiger partial charge in [0.1, 0.15) is 0 Å². The van der Waals surface area contributed by atoms with Crippen LogP contribution in [0.5, 0.6) is 0 Å². The molecule has 2 rings (SSSR count). The topological polar surface area (TPSA) is 29.5 Å². The van der Waals surface area contributed by atoms with Gasteiger partial charge >= 0.3 is 0 Å². The number of methoxy groups -OCH3 is 1. The van der Waals surface area contributed by atoms with Crippen molar-refractivity contribution in [2.75, 3.05) is 7.11 Å². The third-order valence-electron chi connectivity index (χ3n) is 3.23. The van der Waals surface area contributed by atoms with Crippen LogP contribution in [0.15, 0.2) is 24.3 Å². The van der Waals surface area contributed by atoms with E-state index in [2.05, 4.69) is 0 Å². The van der Waals surface area contributed by atoms with Gasteiger partial charge < -0.3 is 9.84 Å². The Morgan fingerprint density at radius 1 is 1.33 bits per heavy atom. The summed E-state index contributed by atoms with van der Waals surface area (Å²) < 4.78 is 5.05. The van der Waals surface area contributed by atoms with Crippen LogP contribution < -0.4 is 0 Å². The summed E-state index contributed by atoms with van der Waals surface area (Å²) >= 11 is 0. The average molecular weight is 206 g/mol. The van der Waals surface area contributed by atoms with Crippen LogP contribution in [0.25, 0.3) is 0 Å². The van der Waals surface area contributed by atoms with E-state index in [-0.39, 0.29) is 6.10 Å². The monoisotopic (exact) mass is 206 g/mol. The first-order chi connectivity index (χ1) is 7.31. The van der Waals surface area contributed by atoms with E-state index in [1.54, 1.807) is 7.11 Å². The van der Waals surface area contributed by atoms with Crippen molar-refractivity contribution >= 4 is 0 Å². The first kappa shape index (κ1) is 10.7. The minimum Gasteiger partial charge on any atom is -0.388 e. The fourth-order valence-electron chi connectivity index (χ4n) is 2.01. The molecule has 1 aromatic carbocycles. The van der Waals surface area contributed by atoms with E-state index in [1.165, 1.54) is 19.3 Å². The second-order valence-electron chi connectivity index (χ2n) is 4.31. The zero-order valence-electron chi connectivity index (χ0n) is 9.15. The summed E-state index contributed by atoms with van der Waals surface area (Å²) in [5, 5.41) is 10.0. The number of benzene rings is 1. The fraction of sp³-hybridized carbons (Fsp3) is 0.538. The van der Waals surface area contributed by atoms with Gasteiger partial charge in [-0.05, 0) is 29.9 Å². The van der Waals surface area contributed by atoms with Crippen LogP contribution in [0.4, 0.5) is 0 Å². The van der Waals surface area contributed by atoms with Gasteiger partial charge in [0.25, 0.3) is 0 Å². The predicted octanol–water partition coefficient (Wildman–Crippen LogP) is 2.67. The van der Waals surface area contributed by atoms with E-state index in [9.17, 15) is 5.11 Å². The van der Waals surface area contributed by atoms with E-state index in [4.69, 9.17) is 4.74 Å². The summed E-state index contributed by atoms with van der Waals surface area (Å²) in [6.45, 7) is 0.639. The van der Waals surface area contributed by atoms with Gasteiger partial charge in [0, 0.05) is 7.11 Å². The van der Waals surface area contributed by atoms with Crippen molar-refractivity contribution in [1.82, 2.24) is 0 Å². The maximum absolute atomic E-state index is 10.0. The van der Waals surface area contributed by atoms with Crippen molar-refractivity contribution in [3.63, 3.8) is 0 Å². The van der Waals surface area contributed by atoms with E-state index in [0.29, 0.717) is 12.5 Å². The Hall–Kier alpha value is -0.860. The van der Waals surface area contributed by atoms with Crippen molar-refractivity contribution in [3.8, 4) is 0 Å². The smallest absolute Gasteiger partial charge is 0.0818 e. The lowest BCUT2D eigenvalue weighted by molar-refractivity contribution is 0.0620. The van der Waals surface area contributed by atoms with Crippen molar-refractivity contribution in [2.24, 2.45) is 5.92 Å². The zero-order chi connectivity index (χ0) is 10.7. The predicted molar refractivity (Wildman–Crippen MR) is 59.5 cm³/mol. The Balaban J connectivity index is 2.02. The Kier molecular flexibility index (Phi) is 3.39. The van der Waals surface area contributed by atoms with Crippen LogP contribution in [-0.4, -0.2) is 12.2 Å². The number of ether oxygens (including phenoxy) is 1. The van der Waals surface area contributed by atoms with Crippen molar-refractivity contribution < 1.29 is 9.84 Å². The lowest BCUT2D eigenvalue weighted by atomic mass is 9.79. The summed E-state index contributed by atoms with van der Waals surface area (Å²) in [7, 11) is 1.69. The molecule has 0 aliphatic heterocycles. The summed E-state index contributed by atoms with van der Waals surface area (Å²) in [6, 6.07) is 8.08. The molecule has 0 radical (unpaired) electrons. The highest BCUT2D eigenvalue weighted by molar-refractivity contribution is 5.24. The van der Waals surface area contributed by atoms with Crippen molar-refractivity contribution in [3.05, 3.63) is 35.4 Å². The Morgan fingerprint density at radius 3 is 2.47 bits per heavy atom. The maximum atomic E-state index is 10.0. The van der Waals surface area contributed by atoms with E-state index in [1.807, 2.05) is 24.3 Å². The lowest BCUT2D eigenvalue weighted by Gasteiger charge is -2.30. The molecule has 2 heteroatoms. The molecule has 82 valence electrons. The molecule has 1 aromatic rings. The standard InChI is InChI=1S/C13H18O2/c1-15-9-10-5-7-12(8-6-10)13(14)11-3-2-4-11/h5-8,11,13-14H,2-4,9H2,1H3. The SMILES string of the molecule is COCc1ccc(C(O)C2CCC2)cc1. The molecule has 0 amide bonds. The van der Waals surface area contributed by atoms with Crippen molar-refractivity contribution in [2.45, 2.75) is 32.0 Å². The summed E-state index contributed by atoms with van der Waals surface area (Å²) in [4.78, 5) is 0. The number of hydrogen-bond donors (Lipinski definition) is 1. The molecular weight excluding hydrogens is 188 g/mol. The third-order valence-corrected chi connectivity index (χ3v) is 3.23. The molecule has 15 heavy (non-hydrogen) atoms. The Bertz CT molecular complexity index is 301. The van der Waals surface area contributed by atoms with E-state index >= 15 is 0 Å². The summed E-state index contributed by atoms with van der Waals surface area (Å²) in [6.07, 6.45) is 3.33. The molecule has 0 aromatic heterocycles. The molecule has 1 unspecified atom stereocenters. The highest BCUT2D eigenvalue weighted by Crippen LogP contribution is 2.37. The van der Waals surface area contributed by atoms with Crippen LogP contribution in [-0.2, 0) is 11.3 Å². The van der Waals surface area contributed by atoms with Gasteiger partial charge in [-0.25, -0.2) is 0 Å². The molecule has 1 saturated carbocycles. The number of aliphatic hydroxyl groups is 1. The lowest BCUT2D eigenvalue weighted by Crippen LogP contribution is -2.19. The molecule has 0 saturated heterocycles. The molecule has 1 atom stereocenters. The first-order valence-electron chi connectivity index (χ1n) is 5.57. The van der Waals surface area contributed by atoms with Crippen LogP contribution in [0.2, 0.25) is 0 Å². The second kappa shape index (κ2) is 4.77. The van der Waals surface area contributed by atoms with Gasteiger partial charge in [-0.3, -0.25) is 0 Å². The van der Waals surface area contributed by atoms with Gasteiger partial charge in [-0.1, -0.05) is 30.7 Å². The minimum atomic E-state index is -0.268. The molecule has 1 aliphatic carbocycles. The Morgan fingerprint density at radius 2 is 2.00 bits per heavy atom. The first-order valence-corrected chi connectivity index (χ1v) is 5.57. The van der Waals surface area contributed by atoms with Crippen LogP contribution in [0, 0.1) is 5.92 Å². The number of hydrogen-bond acceptors (Lipinski definition) is 2. The minimum absolute atomic E-state index is 0.268. The largest absolute Gasteiger partial charge is 0.388 e. The molecule has 2 nitrogen and oxygen atoms in total. The summed E-state index contributed by atoms with van der Waals surface area (Å²) in [5.41, 5.74) is 2.20. The number of rotatable bonds is 4. The van der Waals surface area contributed by atoms with Crippen LogP contribution >= 0.6 is 0 Å². The Labute approximate surface area is 90.9 Å². The molecule has 0 bridgehead atoms. The van der Waals surface area contributed by atoms with Gasteiger partial charge in [-0.2, -0.15) is 0 Å². The van der Waals surface area contributed by atoms with Gasteiger partial charge in [0.15, 0.2) is 0 Å². The molecule has 1 N–H and O–H groups in total. The van der Waals surface area contributed by atoms with Crippen LogP contribution in [0.3, 0.4) is 0 Å². The molecular formula is C13H18O2. The molecule has 0 heterocycles. The van der Waals surface area contributed by atoms with Gasteiger partial charge in [0.05, 0.1) is 12.7 Å². The highest BCUT2D eigenvalue weighted by atomic mass is 16.5. The maximum Gasteiger partial charge on any atom is 0.0818 e. The quantitative estimate of drug-likeness (QED) is 0.820. The highest BCUT2D eigenvalue weighted by Gasteiger charge is 2.26. The molecule has 1 fully saturated rings. The molecule has 0 spiro atoms. The van der Waals surface area contributed by atoms with Crippen LogP contribution in [0.1, 0.15) is 36.5 Å². The fourth-order valence-corrected chi connectivity index (χ4v) is 2.01. The summed E-state index contributed by atoms with van der Waals surface area (Å²) in [5.74, 6) is 0.485. The van der Waals surface area contributed by atoms with Crippen molar-refractivity contribution in [1.29, 1.82) is 0 Å². The number of aliphatic hydroxyl groups excluding tert-OH is 1.